The lowest BCUT2D eigenvalue weighted by molar-refractivity contribution is -0.132. The predicted octanol–water partition coefficient (Wildman–Crippen LogP) is 0.841. The van der Waals surface area contributed by atoms with Crippen molar-refractivity contribution in [2.24, 2.45) is 5.41 Å². The summed E-state index contributed by atoms with van der Waals surface area (Å²) >= 11 is 0. The molecule has 3 nitrogen and oxygen atoms in total. The maximum Gasteiger partial charge on any atom is 0.226 e. The van der Waals surface area contributed by atoms with E-state index < -0.39 is 0 Å². The Labute approximate surface area is 78.8 Å². The summed E-state index contributed by atoms with van der Waals surface area (Å²) in [4.78, 5) is 11.6. The molecule has 1 rings (SSSR count). The maximum atomic E-state index is 11.6. The summed E-state index contributed by atoms with van der Waals surface area (Å²) in [5, 5.41) is 11.6. The molecule has 0 aromatic heterocycles. The SMILES string of the molecule is CNC(=O)C1(CCO)CC=CCC1. The molecule has 0 radical (unpaired) electrons. The van der Waals surface area contributed by atoms with Crippen LogP contribution in [0.15, 0.2) is 12.2 Å². The fourth-order valence-electron chi connectivity index (χ4n) is 1.91. The van der Waals surface area contributed by atoms with Crippen LogP contribution in [0.4, 0.5) is 0 Å². The number of nitrogens with one attached hydrogen (secondary N) is 1. The number of aliphatic hydroxyl groups is 1. The highest BCUT2D eigenvalue weighted by Gasteiger charge is 2.36. The van der Waals surface area contributed by atoms with E-state index in [1.807, 2.05) is 6.08 Å². The first-order chi connectivity index (χ1) is 6.25. The summed E-state index contributed by atoms with van der Waals surface area (Å²) in [6.45, 7) is 0.0846. The van der Waals surface area contributed by atoms with E-state index in [4.69, 9.17) is 5.11 Å². The molecule has 1 aliphatic carbocycles. The van der Waals surface area contributed by atoms with Gasteiger partial charge >= 0.3 is 0 Å². The summed E-state index contributed by atoms with van der Waals surface area (Å²) in [6, 6.07) is 0. The Morgan fingerprint density at radius 2 is 2.38 bits per heavy atom. The van der Waals surface area contributed by atoms with E-state index in [9.17, 15) is 4.79 Å². The van der Waals surface area contributed by atoms with Crippen LogP contribution in [0.5, 0.6) is 0 Å². The van der Waals surface area contributed by atoms with E-state index >= 15 is 0 Å². The van der Waals surface area contributed by atoms with E-state index in [0.29, 0.717) is 6.42 Å². The average molecular weight is 183 g/mol. The Hall–Kier alpha value is -0.830. The van der Waals surface area contributed by atoms with Crippen molar-refractivity contribution in [2.75, 3.05) is 13.7 Å². The molecule has 0 fully saturated rings. The molecule has 1 amide bonds. The summed E-state index contributed by atoms with van der Waals surface area (Å²) < 4.78 is 0. The molecule has 13 heavy (non-hydrogen) atoms. The number of aliphatic hydroxyl groups excluding tert-OH is 1. The van der Waals surface area contributed by atoms with Crippen molar-refractivity contribution in [3.63, 3.8) is 0 Å². The predicted molar refractivity (Wildman–Crippen MR) is 51.2 cm³/mol. The van der Waals surface area contributed by atoms with Crippen LogP contribution in [0.2, 0.25) is 0 Å². The van der Waals surface area contributed by atoms with Crippen molar-refractivity contribution < 1.29 is 9.90 Å². The van der Waals surface area contributed by atoms with E-state index in [1.165, 1.54) is 0 Å². The van der Waals surface area contributed by atoms with Gasteiger partial charge in [0.05, 0.1) is 5.41 Å². The Balaban J connectivity index is 2.73. The summed E-state index contributed by atoms with van der Waals surface area (Å²) in [7, 11) is 1.65. The zero-order chi connectivity index (χ0) is 9.73. The molecule has 0 saturated carbocycles. The van der Waals surface area contributed by atoms with Crippen molar-refractivity contribution in [1.82, 2.24) is 5.32 Å². The lowest BCUT2D eigenvalue weighted by Gasteiger charge is -2.32. The molecule has 1 aliphatic rings. The number of carbonyl (C=O) groups excluding carboxylic acids is 1. The monoisotopic (exact) mass is 183 g/mol. The molecule has 0 saturated heterocycles. The summed E-state index contributed by atoms with van der Waals surface area (Å²) in [6.07, 6.45) is 7.24. The second-order valence-electron chi connectivity index (χ2n) is 3.55. The summed E-state index contributed by atoms with van der Waals surface area (Å²) in [5.41, 5.74) is -0.349. The number of amides is 1. The van der Waals surface area contributed by atoms with Crippen molar-refractivity contribution in [3.05, 3.63) is 12.2 Å². The molecule has 74 valence electrons. The van der Waals surface area contributed by atoms with E-state index in [0.717, 1.165) is 19.3 Å². The molecule has 1 unspecified atom stereocenters. The van der Waals surface area contributed by atoms with Gasteiger partial charge in [-0.15, -0.1) is 0 Å². The van der Waals surface area contributed by atoms with Crippen LogP contribution in [0.3, 0.4) is 0 Å². The standard InChI is InChI=1S/C10H17NO2/c1-11-9(13)10(7-8-12)5-3-2-4-6-10/h2-3,12H,4-8H2,1H3,(H,11,13). The number of carbonyl (C=O) groups is 1. The fourth-order valence-corrected chi connectivity index (χ4v) is 1.91. The lowest BCUT2D eigenvalue weighted by Crippen LogP contribution is -2.40. The van der Waals surface area contributed by atoms with Crippen LogP contribution >= 0.6 is 0 Å². The quantitative estimate of drug-likeness (QED) is 0.637. The minimum absolute atomic E-state index is 0.0610. The molecule has 2 N–H and O–H groups in total. The van der Waals surface area contributed by atoms with Crippen LogP contribution in [0.25, 0.3) is 0 Å². The summed E-state index contributed by atoms with van der Waals surface area (Å²) in [5.74, 6) is 0.0610. The van der Waals surface area contributed by atoms with Gasteiger partial charge in [0.25, 0.3) is 0 Å². The van der Waals surface area contributed by atoms with E-state index in [2.05, 4.69) is 11.4 Å². The van der Waals surface area contributed by atoms with E-state index in [1.54, 1.807) is 7.05 Å². The molecule has 0 bridgehead atoms. The van der Waals surface area contributed by atoms with Crippen LogP contribution < -0.4 is 5.32 Å². The Kier molecular flexibility index (Phi) is 3.48. The molecule has 1 atom stereocenters. The molecule has 3 heteroatoms. The lowest BCUT2D eigenvalue weighted by atomic mass is 9.74. The maximum absolute atomic E-state index is 11.6. The Morgan fingerprint density at radius 1 is 1.62 bits per heavy atom. The Morgan fingerprint density at radius 3 is 2.85 bits per heavy atom. The molecule has 0 aromatic rings. The molecule has 0 spiro atoms. The van der Waals surface area contributed by atoms with Gasteiger partial charge in [0.2, 0.25) is 5.91 Å². The van der Waals surface area contributed by atoms with Crippen LogP contribution in [0.1, 0.15) is 25.7 Å². The molecule has 0 aromatic carbocycles. The van der Waals surface area contributed by atoms with Crippen molar-refractivity contribution in [2.45, 2.75) is 25.7 Å². The highest BCUT2D eigenvalue weighted by Crippen LogP contribution is 2.36. The third-order valence-corrected chi connectivity index (χ3v) is 2.76. The van der Waals surface area contributed by atoms with Crippen LogP contribution in [0, 0.1) is 5.41 Å². The van der Waals surface area contributed by atoms with Crippen molar-refractivity contribution in [1.29, 1.82) is 0 Å². The van der Waals surface area contributed by atoms with Gasteiger partial charge in [-0.25, -0.2) is 0 Å². The van der Waals surface area contributed by atoms with Gasteiger partial charge in [-0.05, 0) is 25.7 Å². The van der Waals surface area contributed by atoms with Gasteiger partial charge in [0.1, 0.15) is 0 Å². The van der Waals surface area contributed by atoms with Gasteiger partial charge in [-0.2, -0.15) is 0 Å². The first-order valence-electron chi connectivity index (χ1n) is 4.73. The van der Waals surface area contributed by atoms with Crippen molar-refractivity contribution >= 4 is 5.91 Å². The smallest absolute Gasteiger partial charge is 0.226 e. The van der Waals surface area contributed by atoms with Gasteiger partial charge < -0.3 is 10.4 Å². The minimum atomic E-state index is -0.349. The topological polar surface area (TPSA) is 49.3 Å². The molecular weight excluding hydrogens is 166 g/mol. The number of rotatable bonds is 3. The van der Waals surface area contributed by atoms with Crippen LogP contribution in [-0.2, 0) is 4.79 Å². The second kappa shape index (κ2) is 4.42. The number of hydrogen-bond donors (Lipinski definition) is 2. The third kappa shape index (κ3) is 2.10. The highest BCUT2D eigenvalue weighted by molar-refractivity contribution is 5.82. The number of hydrogen-bond acceptors (Lipinski definition) is 2. The fraction of sp³-hybridized carbons (Fsp3) is 0.700. The van der Waals surface area contributed by atoms with Crippen LogP contribution in [-0.4, -0.2) is 24.7 Å². The van der Waals surface area contributed by atoms with Gasteiger partial charge in [0, 0.05) is 13.7 Å². The third-order valence-electron chi connectivity index (χ3n) is 2.76. The minimum Gasteiger partial charge on any atom is -0.396 e. The second-order valence-corrected chi connectivity index (χ2v) is 3.55. The van der Waals surface area contributed by atoms with Gasteiger partial charge in [0.15, 0.2) is 0 Å². The zero-order valence-corrected chi connectivity index (χ0v) is 8.05. The van der Waals surface area contributed by atoms with Gasteiger partial charge in [-0.3, -0.25) is 4.79 Å². The highest BCUT2D eigenvalue weighted by atomic mass is 16.3. The van der Waals surface area contributed by atoms with Gasteiger partial charge in [-0.1, -0.05) is 12.2 Å². The first kappa shape index (κ1) is 10.3. The first-order valence-corrected chi connectivity index (χ1v) is 4.73. The zero-order valence-electron chi connectivity index (χ0n) is 8.05. The van der Waals surface area contributed by atoms with E-state index in [-0.39, 0.29) is 17.9 Å². The number of allylic oxidation sites excluding steroid dienone is 2. The van der Waals surface area contributed by atoms with Crippen molar-refractivity contribution in [3.8, 4) is 0 Å². The average Bonchev–Trinajstić information content (AvgIpc) is 2.18. The Bertz CT molecular complexity index is 213. The normalized spacial score (nSPS) is 27.2. The largest absolute Gasteiger partial charge is 0.396 e. The molecule has 0 heterocycles. The molecular formula is C10H17NO2. The molecule has 0 aliphatic heterocycles.